The van der Waals surface area contributed by atoms with E-state index >= 15 is 0 Å². The van der Waals surface area contributed by atoms with Crippen LogP contribution in [0.5, 0.6) is 0 Å². The van der Waals surface area contributed by atoms with E-state index in [-0.39, 0.29) is 0 Å². The molecule has 0 aliphatic heterocycles. The van der Waals surface area contributed by atoms with E-state index < -0.39 is 0 Å². The lowest BCUT2D eigenvalue weighted by atomic mass is 10.1. The molecule has 100 valence electrons. The molecular weight excluding hydrogens is 383 g/mol. The Morgan fingerprint density at radius 3 is 2.80 bits per heavy atom. The number of hydrogen-bond acceptors (Lipinski definition) is 2. The Balaban J connectivity index is 1.87. The first-order valence-electron chi connectivity index (χ1n) is 6.24. The Bertz CT molecular complexity index is 753. The van der Waals surface area contributed by atoms with Crippen LogP contribution in [-0.2, 0) is 6.54 Å². The molecule has 0 fully saturated rings. The van der Waals surface area contributed by atoms with E-state index in [1.54, 1.807) is 0 Å². The maximum absolute atomic E-state index is 5.97. The minimum atomic E-state index is 0.742. The van der Waals surface area contributed by atoms with Crippen LogP contribution >= 0.6 is 34.2 Å². The van der Waals surface area contributed by atoms with Crippen molar-refractivity contribution in [2.24, 2.45) is 0 Å². The molecule has 0 bridgehead atoms. The Morgan fingerprint density at radius 1 is 1.10 bits per heavy atom. The zero-order chi connectivity index (χ0) is 13.9. The van der Waals surface area contributed by atoms with Gasteiger partial charge in [-0.3, -0.25) is 4.98 Å². The summed E-state index contributed by atoms with van der Waals surface area (Å²) in [5, 5.41) is 6.60. The highest BCUT2D eigenvalue weighted by Gasteiger charge is 2.03. The number of halogens is 2. The lowest BCUT2D eigenvalue weighted by molar-refractivity contribution is 1.13. The summed E-state index contributed by atoms with van der Waals surface area (Å²) in [6.07, 6.45) is 3.81. The largest absolute Gasteiger partial charge is 0.380 e. The third-order valence-electron chi connectivity index (χ3n) is 3.15. The molecule has 0 atom stereocenters. The number of nitrogens with zero attached hydrogens (tertiary/aromatic N) is 1. The Kier molecular flexibility index (Phi) is 4.08. The summed E-state index contributed by atoms with van der Waals surface area (Å²) < 4.78 is 1.11. The number of pyridine rings is 1. The van der Waals surface area contributed by atoms with Crippen molar-refractivity contribution in [2.75, 3.05) is 5.32 Å². The Hall–Kier alpha value is -1.33. The zero-order valence-corrected chi connectivity index (χ0v) is 13.5. The summed E-state index contributed by atoms with van der Waals surface area (Å²) in [6.45, 7) is 0.742. The second kappa shape index (κ2) is 5.97. The van der Waals surface area contributed by atoms with Crippen LogP contribution in [0, 0.1) is 3.57 Å². The van der Waals surface area contributed by atoms with E-state index in [9.17, 15) is 0 Å². The molecule has 0 aliphatic carbocycles. The van der Waals surface area contributed by atoms with Crippen LogP contribution in [0.25, 0.3) is 10.8 Å². The van der Waals surface area contributed by atoms with Crippen LogP contribution < -0.4 is 5.32 Å². The van der Waals surface area contributed by atoms with Crippen molar-refractivity contribution in [2.45, 2.75) is 6.54 Å². The maximum atomic E-state index is 5.97. The van der Waals surface area contributed by atoms with Crippen LogP contribution in [0.1, 0.15) is 5.56 Å². The van der Waals surface area contributed by atoms with E-state index in [0.29, 0.717) is 0 Å². The van der Waals surface area contributed by atoms with Gasteiger partial charge in [0.15, 0.2) is 0 Å². The second-order valence-electron chi connectivity index (χ2n) is 4.50. The molecule has 2 aromatic carbocycles. The van der Waals surface area contributed by atoms with Crippen LogP contribution in [0.4, 0.5) is 5.69 Å². The molecule has 4 heteroatoms. The predicted octanol–water partition coefficient (Wildman–Crippen LogP) is 5.10. The number of fused-ring (bicyclic) bond motifs is 1. The minimum absolute atomic E-state index is 0.742. The van der Waals surface area contributed by atoms with Crippen molar-refractivity contribution in [1.82, 2.24) is 4.98 Å². The van der Waals surface area contributed by atoms with Crippen LogP contribution in [0.15, 0.2) is 54.9 Å². The maximum Gasteiger partial charge on any atom is 0.0479 e. The van der Waals surface area contributed by atoms with Gasteiger partial charge in [-0.2, -0.15) is 0 Å². The summed E-state index contributed by atoms with van der Waals surface area (Å²) in [5.41, 5.74) is 2.27. The molecule has 0 saturated carbocycles. The minimum Gasteiger partial charge on any atom is -0.380 e. The monoisotopic (exact) mass is 394 g/mol. The molecule has 2 nitrogen and oxygen atoms in total. The number of anilines is 1. The van der Waals surface area contributed by atoms with Gasteiger partial charge in [-0.05, 0) is 51.7 Å². The predicted molar refractivity (Wildman–Crippen MR) is 93.2 cm³/mol. The molecule has 0 amide bonds. The van der Waals surface area contributed by atoms with Gasteiger partial charge in [0.05, 0.1) is 0 Å². The highest BCUT2D eigenvalue weighted by atomic mass is 127. The van der Waals surface area contributed by atoms with Crippen LogP contribution in [-0.4, -0.2) is 4.98 Å². The molecule has 3 rings (SSSR count). The Labute approximate surface area is 136 Å². The van der Waals surface area contributed by atoms with E-state index in [1.165, 1.54) is 10.9 Å². The first-order chi connectivity index (χ1) is 9.74. The van der Waals surface area contributed by atoms with Gasteiger partial charge in [-0.25, -0.2) is 0 Å². The average molecular weight is 395 g/mol. The first-order valence-corrected chi connectivity index (χ1v) is 7.70. The smallest absolute Gasteiger partial charge is 0.0479 e. The van der Waals surface area contributed by atoms with Crippen molar-refractivity contribution in [3.63, 3.8) is 0 Å². The Morgan fingerprint density at radius 2 is 1.95 bits per heavy atom. The summed E-state index contributed by atoms with van der Waals surface area (Å²) in [5.74, 6) is 0. The van der Waals surface area contributed by atoms with Gasteiger partial charge in [-0.1, -0.05) is 35.9 Å². The summed E-state index contributed by atoms with van der Waals surface area (Å²) >= 11 is 8.25. The average Bonchev–Trinajstić information content (AvgIpc) is 2.46. The number of hydrogen-bond donors (Lipinski definition) is 1. The van der Waals surface area contributed by atoms with Gasteiger partial charge in [0.25, 0.3) is 0 Å². The number of benzene rings is 2. The van der Waals surface area contributed by atoms with Gasteiger partial charge >= 0.3 is 0 Å². The van der Waals surface area contributed by atoms with E-state index in [2.05, 4.69) is 51.1 Å². The van der Waals surface area contributed by atoms with Gasteiger partial charge in [-0.15, -0.1) is 0 Å². The molecule has 0 spiro atoms. The fraction of sp³-hybridized carbons (Fsp3) is 0.0625. The normalized spacial score (nSPS) is 10.7. The molecule has 20 heavy (non-hydrogen) atoms. The SMILES string of the molecule is Clc1ccc(NCc2cncc3ccccc23)c(I)c1. The van der Waals surface area contributed by atoms with Gasteiger partial charge in [0.2, 0.25) is 0 Å². The fourth-order valence-electron chi connectivity index (χ4n) is 2.14. The molecule has 0 unspecified atom stereocenters. The van der Waals surface area contributed by atoms with Crippen LogP contribution in [0.2, 0.25) is 5.02 Å². The topological polar surface area (TPSA) is 24.9 Å². The number of nitrogens with one attached hydrogen (secondary N) is 1. The second-order valence-corrected chi connectivity index (χ2v) is 6.10. The van der Waals surface area contributed by atoms with Crippen LogP contribution in [0.3, 0.4) is 0 Å². The van der Waals surface area contributed by atoms with Gasteiger partial charge in [0.1, 0.15) is 0 Å². The standard InChI is InChI=1S/C16H12ClIN2/c17-13-5-6-16(15(18)7-13)20-10-12-9-19-8-11-3-1-2-4-14(11)12/h1-9,20H,10H2. The molecule has 0 aliphatic rings. The highest BCUT2D eigenvalue weighted by molar-refractivity contribution is 14.1. The van der Waals surface area contributed by atoms with Crippen molar-refractivity contribution >= 4 is 50.7 Å². The van der Waals surface area contributed by atoms with E-state index in [4.69, 9.17) is 11.6 Å². The van der Waals surface area contributed by atoms with E-state index in [0.717, 1.165) is 26.2 Å². The zero-order valence-electron chi connectivity index (χ0n) is 10.6. The lowest BCUT2D eigenvalue weighted by Crippen LogP contribution is -2.02. The summed E-state index contributed by atoms with van der Waals surface area (Å²) in [4.78, 5) is 4.30. The summed E-state index contributed by atoms with van der Waals surface area (Å²) in [6, 6.07) is 14.1. The number of rotatable bonds is 3. The first kappa shape index (κ1) is 13.6. The molecule has 1 aromatic heterocycles. The molecule has 0 saturated heterocycles. The fourth-order valence-corrected chi connectivity index (χ4v) is 3.21. The third kappa shape index (κ3) is 2.88. The van der Waals surface area contributed by atoms with Crippen molar-refractivity contribution < 1.29 is 0 Å². The highest BCUT2D eigenvalue weighted by Crippen LogP contribution is 2.24. The molecule has 0 radical (unpaired) electrons. The molecule has 3 aromatic rings. The van der Waals surface area contributed by atoms with E-state index in [1.807, 2.05) is 36.7 Å². The van der Waals surface area contributed by atoms with Crippen molar-refractivity contribution in [1.29, 1.82) is 0 Å². The summed E-state index contributed by atoms with van der Waals surface area (Å²) in [7, 11) is 0. The molecule has 1 heterocycles. The molecule has 1 N–H and O–H groups in total. The molecular formula is C16H12ClIN2. The number of aromatic nitrogens is 1. The lowest BCUT2D eigenvalue weighted by Gasteiger charge is -2.10. The van der Waals surface area contributed by atoms with Gasteiger partial charge < -0.3 is 5.32 Å². The third-order valence-corrected chi connectivity index (χ3v) is 4.28. The quantitative estimate of drug-likeness (QED) is 0.625. The van der Waals surface area contributed by atoms with Gasteiger partial charge in [0, 0.05) is 38.6 Å². The van der Waals surface area contributed by atoms with Crippen molar-refractivity contribution in [3.8, 4) is 0 Å². The van der Waals surface area contributed by atoms with Crippen molar-refractivity contribution in [3.05, 3.63) is 69.0 Å².